The molecular weight excluding hydrogens is 506 g/mol. The van der Waals surface area contributed by atoms with Crippen LogP contribution in [0.2, 0.25) is 0 Å². The minimum atomic E-state index is -0.776. The van der Waals surface area contributed by atoms with Crippen molar-refractivity contribution in [2.24, 2.45) is 0 Å². The molecule has 3 aromatic carbocycles. The highest BCUT2D eigenvalue weighted by atomic mass is 32.1. The third-order valence-electron chi connectivity index (χ3n) is 5.68. The second-order valence-electron chi connectivity index (χ2n) is 8.01. The Morgan fingerprint density at radius 2 is 1.45 bits per heavy atom. The molecule has 0 atom stereocenters. The minimum Gasteiger partial charge on any atom is -0.502 e. The lowest BCUT2D eigenvalue weighted by molar-refractivity contribution is 0.0952. The number of carbonyl (C=O) groups is 1. The number of aromatic nitrogens is 2. The summed E-state index contributed by atoms with van der Waals surface area (Å²) in [6.07, 6.45) is 3.33. The number of hydrogen-bond donors (Lipinski definition) is 3. The van der Waals surface area contributed by atoms with E-state index < -0.39 is 22.9 Å². The van der Waals surface area contributed by atoms with Crippen LogP contribution in [0.1, 0.15) is 15.9 Å². The SMILES string of the molecule is COc1cc(/C=C/CNC(=O)c2c(O)n(-c3ccccc3)c(=S)n(-c3ccccc3)c2=O)cc(OC)c1O. The van der Waals surface area contributed by atoms with Crippen molar-refractivity contribution < 1.29 is 24.5 Å². The highest BCUT2D eigenvalue weighted by molar-refractivity contribution is 7.71. The second-order valence-corrected chi connectivity index (χ2v) is 8.38. The zero-order chi connectivity index (χ0) is 27.2. The van der Waals surface area contributed by atoms with Crippen molar-refractivity contribution in [1.82, 2.24) is 14.5 Å². The Hall–Kier alpha value is -4.83. The van der Waals surface area contributed by atoms with Gasteiger partial charge in [-0.05, 0) is 54.2 Å². The second kappa shape index (κ2) is 11.5. The fourth-order valence-electron chi connectivity index (χ4n) is 3.85. The topological polar surface area (TPSA) is 115 Å². The van der Waals surface area contributed by atoms with Crippen molar-refractivity contribution in [1.29, 1.82) is 0 Å². The summed E-state index contributed by atoms with van der Waals surface area (Å²) in [5.41, 5.74) is 0.394. The molecule has 4 rings (SSSR count). The van der Waals surface area contributed by atoms with Crippen LogP contribution in [0.5, 0.6) is 23.1 Å². The van der Waals surface area contributed by atoms with Gasteiger partial charge in [0.05, 0.1) is 25.6 Å². The van der Waals surface area contributed by atoms with Gasteiger partial charge < -0.3 is 25.0 Å². The molecule has 0 unspecified atom stereocenters. The molecule has 0 aliphatic heterocycles. The zero-order valence-electron chi connectivity index (χ0n) is 20.6. The Morgan fingerprint density at radius 1 is 0.921 bits per heavy atom. The standard InChI is InChI=1S/C28H25N3O6S/c1-36-21-16-18(17-22(37-2)24(21)32)10-9-15-29-25(33)23-26(34)30(19-11-5-3-6-12-19)28(38)31(27(23)35)20-13-7-4-8-14-20/h3-14,16-17,32,34H,15H2,1-2H3,(H,29,33)/b10-9+. The number of nitrogens with zero attached hydrogens (tertiary/aromatic N) is 2. The predicted molar refractivity (Wildman–Crippen MR) is 146 cm³/mol. The van der Waals surface area contributed by atoms with Gasteiger partial charge in [-0.1, -0.05) is 48.6 Å². The molecule has 3 N–H and O–H groups in total. The van der Waals surface area contributed by atoms with E-state index in [0.29, 0.717) is 16.9 Å². The summed E-state index contributed by atoms with van der Waals surface area (Å²) in [5, 5.41) is 23.8. The molecule has 0 saturated heterocycles. The van der Waals surface area contributed by atoms with Gasteiger partial charge in [0, 0.05) is 6.54 Å². The van der Waals surface area contributed by atoms with Gasteiger partial charge in [0.25, 0.3) is 11.5 Å². The molecule has 0 aliphatic carbocycles. The highest BCUT2D eigenvalue weighted by Gasteiger charge is 2.24. The number of carbonyl (C=O) groups excluding carboxylic acids is 1. The first-order valence-corrected chi connectivity index (χ1v) is 11.9. The Morgan fingerprint density at radius 3 is 1.97 bits per heavy atom. The van der Waals surface area contributed by atoms with E-state index in [1.165, 1.54) is 23.4 Å². The molecule has 0 fully saturated rings. The van der Waals surface area contributed by atoms with Gasteiger partial charge in [0.2, 0.25) is 11.6 Å². The molecule has 0 aliphatic rings. The molecule has 9 nitrogen and oxygen atoms in total. The van der Waals surface area contributed by atoms with E-state index >= 15 is 0 Å². The first-order chi connectivity index (χ1) is 18.4. The Kier molecular flexibility index (Phi) is 7.93. The summed E-state index contributed by atoms with van der Waals surface area (Å²) in [5.74, 6) is -0.999. The summed E-state index contributed by atoms with van der Waals surface area (Å²) >= 11 is 5.57. The average Bonchev–Trinajstić information content (AvgIpc) is 2.93. The first kappa shape index (κ1) is 26.2. The Labute approximate surface area is 223 Å². The van der Waals surface area contributed by atoms with Gasteiger partial charge in [0.1, 0.15) is 0 Å². The number of hydrogen-bond acceptors (Lipinski definition) is 7. The highest BCUT2D eigenvalue weighted by Crippen LogP contribution is 2.37. The third-order valence-corrected chi connectivity index (χ3v) is 6.05. The molecule has 1 aromatic heterocycles. The number of para-hydroxylation sites is 2. The lowest BCUT2D eigenvalue weighted by atomic mass is 10.1. The van der Waals surface area contributed by atoms with Crippen LogP contribution in [-0.4, -0.2) is 46.0 Å². The van der Waals surface area contributed by atoms with E-state index in [0.717, 1.165) is 0 Å². The van der Waals surface area contributed by atoms with Crippen molar-refractivity contribution in [2.75, 3.05) is 20.8 Å². The number of methoxy groups -OCH3 is 2. The molecule has 38 heavy (non-hydrogen) atoms. The summed E-state index contributed by atoms with van der Waals surface area (Å²) < 4.78 is 12.8. The van der Waals surface area contributed by atoms with Crippen LogP contribution >= 0.6 is 12.2 Å². The van der Waals surface area contributed by atoms with Crippen LogP contribution in [0.4, 0.5) is 0 Å². The Bertz CT molecular complexity index is 1590. The average molecular weight is 532 g/mol. The molecule has 1 amide bonds. The molecule has 0 radical (unpaired) electrons. The van der Waals surface area contributed by atoms with E-state index in [2.05, 4.69) is 5.32 Å². The number of rotatable bonds is 8. The molecule has 10 heteroatoms. The summed E-state index contributed by atoms with van der Waals surface area (Å²) in [4.78, 5) is 26.6. The van der Waals surface area contributed by atoms with Crippen molar-refractivity contribution >= 4 is 24.2 Å². The van der Waals surface area contributed by atoms with Crippen LogP contribution < -0.4 is 20.3 Å². The number of amides is 1. The number of benzene rings is 3. The summed E-state index contributed by atoms with van der Waals surface area (Å²) in [6.45, 7) is 0.0372. The van der Waals surface area contributed by atoms with E-state index in [4.69, 9.17) is 21.7 Å². The summed E-state index contributed by atoms with van der Waals surface area (Å²) in [6, 6.07) is 20.6. The fraction of sp³-hybridized carbons (Fsp3) is 0.107. The van der Waals surface area contributed by atoms with Crippen LogP contribution in [0.25, 0.3) is 17.5 Å². The monoisotopic (exact) mass is 531 g/mol. The maximum atomic E-state index is 13.5. The minimum absolute atomic E-state index is 0.0107. The fourth-order valence-corrected chi connectivity index (χ4v) is 4.24. The third kappa shape index (κ3) is 5.16. The van der Waals surface area contributed by atoms with Crippen LogP contribution in [-0.2, 0) is 0 Å². The van der Waals surface area contributed by atoms with E-state index in [1.807, 2.05) is 0 Å². The molecular formula is C28H25N3O6S. The molecule has 0 bridgehead atoms. The number of phenols is 1. The molecule has 0 saturated carbocycles. The number of aromatic hydroxyl groups is 2. The number of ether oxygens (including phenoxy) is 2. The maximum Gasteiger partial charge on any atom is 0.275 e. The predicted octanol–water partition coefficient (Wildman–Crippen LogP) is 4.23. The van der Waals surface area contributed by atoms with Crippen LogP contribution in [0.15, 0.2) is 83.7 Å². The quantitative estimate of drug-likeness (QED) is 0.292. The van der Waals surface area contributed by atoms with Crippen molar-refractivity contribution in [3.05, 3.63) is 105 Å². The van der Waals surface area contributed by atoms with Gasteiger partial charge in [-0.15, -0.1) is 0 Å². The van der Waals surface area contributed by atoms with Crippen molar-refractivity contribution in [3.63, 3.8) is 0 Å². The van der Waals surface area contributed by atoms with E-state index in [1.54, 1.807) is 84.9 Å². The molecule has 194 valence electrons. The van der Waals surface area contributed by atoms with Gasteiger partial charge in [-0.3, -0.25) is 18.7 Å². The first-order valence-electron chi connectivity index (χ1n) is 11.5. The molecule has 0 spiro atoms. The number of nitrogens with one attached hydrogen (secondary N) is 1. The maximum absolute atomic E-state index is 13.5. The van der Waals surface area contributed by atoms with Crippen LogP contribution in [0.3, 0.4) is 0 Å². The van der Waals surface area contributed by atoms with Gasteiger partial charge in [-0.2, -0.15) is 0 Å². The van der Waals surface area contributed by atoms with E-state index in [9.17, 15) is 19.8 Å². The largest absolute Gasteiger partial charge is 0.502 e. The van der Waals surface area contributed by atoms with Gasteiger partial charge >= 0.3 is 0 Å². The van der Waals surface area contributed by atoms with Crippen molar-refractivity contribution in [3.8, 4) is 34.5 Å². The molecule has 1 heterocycles. The molecule has 4 aromatic rings. The van der Waals surface area contributed by atoms with Crippen LogP contribution in [0, 0.1) is 4.77 Å². The van der Waals surface area contributed by atoms with E-state index in [-0.39, 0.29) is 28.6 Å². The van der Waals surface area contributed by atoms with Crippen molar-refractivity contribution in [2.45, 2.75) is 0 Å². The Balaban J connectivity index is 1.70. The summed E-state index contributed by atoms with van der Waals surface area (Å²) in [7, 11) is 2.85. The normalized spacial score (nSPS) is 10.9. The number of phenolic OH excluding ortho intramolecular Hbond substituents is 1. The zero-order valence-corrected chi connectivity index (χ0v) is 21.4. The lowest BCUT2D eigenvalue weighted by Gasteiger charge is -2.17. The smallest absolute Gasteiger partial charge is 0.275 e. The van der Waals surface area contributed by atoms with Gasteiger partial charge in [0.15, 0.2) is 21.8 Å². The lowest BCUT2D eigenvalue weighted by Crippen LogP contribution is -2.35. The van der Waals surface area contributed by atoms with Gasteiger partial charge in [-0.25, -0.2) is 0 Å².